The minimum absolute atomic E-state index is 0.529. The molecule has 3 nitrogen and oxygen atoms in total. The lowest BCUT2D eigenvalue weighted by Crippen LogP contribution is -2.34. The van der Waals surface area contributed by atoms with Crippen LogP contribution in [0.5, 0.6) is 0 Å². The van der Waals surface area contributed by atoms with Gasteiger partial charge in [0.1, 0.15) is 0 Å². The first-order chi connectivity index (χ1) is 7.68. The van der Waals surface area contributed by atoms with Crippen LogP contribution in [-0.2, 0) is 12.1 Å². The SMILES string of the molecule is CC(O)(CNCc1cscn1)c1ccsc1. The standard InChI is InChI=1S/C11H14N2OS2/c1-11(14,9-2-3-15-5-9)7-12-4-10-6-16-8-13-10/h2-3,5-6,8,12,14H,4,7H2,1H3. The van der Waals surface area contributed by atoms with Crippen LogP contribution < -0.4 is 5.32 Å². The second-order valence-corrected chi connectivity index (χ2v) is 5.37. The smallest absolute Gasteiger partial charge is 0.1000 e. The van der Waals surface area contributed by atoms with Crippen LogP contribution in [-0.4, -0.2) is 16.6 Å². The summed E-state index contributed by atoms with van der Waals surface area (Å²) in [6, 6.07) is 1.95. The molecule has 0 radical (unpaired) electrons. The second kappa shape index (κ2) is 5.05. The molecule has 2 aromatic rings. The molecule has 86 valence electrons. The quantitative estimate of drug-likeness (QED) is 0.860. The highest BCUT2D eigenvalue weighted by Gasteiger charge is 2.22. The molecule has 0 saturated carbocycles. The molecule has 0 amide bonds. The highest BCUT2D eigenvalue weighted by Crippen LogP contribution is 2.22. The maximum absolute atomic E-state index is 10.2. The van der Waals surface area contributed by atoms with Crippen molar-refractivity contribution in [2.24, 2.45) is 0 Å². The van der Waals surface area contributed by atoms with Crippen molar-refractivity contribution in [2.45, 2.75) is 19.1 Å². The molecule has 1 unspecified atom stereocenters. The van der Waals surface area contributed by atoms with Gasteiger partial charge in [0.2, 0.25) is 0 Å². The molecule has 0 aliphatic rings. The summed E-state index contributed by atoms with van der Waals surface area (Å²) in [6.07, 6.45) is 0. The number of hydrogen-bond donors (Lipinski definition) is 2. The predicted molar refractivity (Wildman–Crippen MR) is 67.7 cm³/mol. The van der Waals surface area contributed by atoms with E-state index in [1.54, 1.807) is 22.7 Å². The Bertz CT molecular complexity index is 409. The van der Waals surface area contributed by atoms with Crippen molar-refractivity contribution in [3.63, 3.8) is 0 Å². The Morgan fingerprint density at radius 1 is 1.44 bits per heavy atom. The Kier molecular flexibility index (Phi) is 3.70. The van der Waals surface area contributed by atoms with Gasteiger partial charge in [-0.25, -0.2) is 4.98 Å². The zero-order chi connectivity index (χ0) is 11.4. The Labute approximate surface area is 103 Å². The highest BCUT2D eigenvalue weighted by atomic mass is 32.1. The van der Waals surface area contributed by atoms with E-state index in [4.69, 9.17) is 0 Å². The van der Waals surface area contributed by atoms with E-state index in [2.05, 4.69) is 10.3 Å². The summed E-state index contributed by atoms with van der Waals surface area (Å²) < 4.78 is 0. The highest BCUT2D eigenvalue weighted by molar-refractivity contribution is 7.08. The van der Waals surface area contributed by atoms with Gasteiger partial charge in [0, 0.05) is 18.5 Å². The fourth-order valence-corrected chi connectivity index (χ4v) is 2.77. The fraction of sp³-hybridized carbons (Fsp3) is 0.364. The summed E-state index contributed by atoms with van der Waals surface area (Å²) in [5.41, 5.74) is 2.98. The van der Waals surface area contributed by atoms with Crippen molar-refractivity contribution in [3.8, 4) is 0 Å². The molecule has 0 aliphatic carbocycles. The van der Waals surface area contributed by atoms with E-state index in [0.29, 0.717) is 13.1 Å². The van der Waals surface area contributed by atoms with Gasteiger partial charge in [-0.2, -0.15) is 11.3 Å². The zero-order valence-electron chi connectivity index (χ0n) is 9.01. The van der Waals surface area contributed by atoms with Crippen LogP contribution in [0.2, 0.25) is 0 Å². The molecule has 2 aromatic heterocycles. The lowest BCUT2D eigenvalue weighted by atomic mass is 9.99. The van der Waals surface area contributed by atoms with Gasteiger partial charge in [0.15, 0.2) is 0 Å². The Balaban J connectivity index is 1.85. The molecule has 0 aliphatic heterocycles. The first-order valence-electron chi connectivity index (χ1n) is 5.01. The maximum atomic E-state index is 10.2. The lowest BCUT2D eigenvalue weighted by Gasteiger charge is -2.22. The van der Waals surface area contributed by atoms with E-state index < -0.39 is 5.60 Å². The van der Waals surface area contributed by atoms with Crippen LogP contribution >= 0.6 is 22.7 Å². The first-order valence-corrected chi connectivity index (χ1v) is 6.90. The molecule has 2 N–H and O–H groups in total. The number of thiazole rings is 1. The van der Waals surface area contributed by atoms with Crippen LogP contribution in [0.1, 0.15) is 18.2 Å². The number of aromatic nitrogens is 1. The summed E-state index contributed by atoms with van der Waals surface area (Å²) in [4.78, 5) is 4.17. The molecule has 5 heteroatoms. The van der Waals surface area contributed by atoms with Crippen molar-refractivity contribution in [3.05, 3.63) is 39.0 Å². The number of nitrogens with zero attached hydrogens (tertiary/aromatic N) is 1. The van der Waals surface area contributed by atoms with Crippen LogP contribution in [0.3, 0.4) is 0 Å². The van der Waals surface area contributed by atoms with E-state index in [-0.39, 0.29) is 0 Å². The minimum atomic E-state index is -0.810. The van der Waals surface area contributed by atoms with Crippen molar-refractivity contribution in [1.82, 2.24) is 10.3 Å². The van der Waals surface area contributed by atoms with Gasteiger partial charge in [-0.05, 0) is 29.3 Å². The molecule has 2 heterocycles. The monoisotopic (exact) mass is 254 g/mol. The minimum Gasteiger partial charge on any atom is -0.384 e. The van der Waals surface area contributed by atoms with Crippen LogP contribution in [0.25, 0.3) is 0 Å². The van der Waals surface area contributed by atoms with E-state index >= 15 is 0 Å². The number of hydrogen-bond acceptors (Lipinski definition) is 5. The van der Waals surface area contributed by atoms with Gasteiger partial charge in [-0.15, -0.1) is 11.3 Å². The van der Waals surface area contributed by atoms with Gasteiger partial charge in [0.05, 0.1) is 16.8 Å². The third-order valence-electron chi connectivity index (χ3n) is 2.40. The van der Waals surface area contributed by atoms with Crippen LogP contribution in [0, 0.1) is 0 Å². The van der Waals surface area contributed by atoms with Crippen molar-refractivity contribution < 1.29 is 5.11 Å². The van der Waals surface area contributed by atoms with Crippen LogP contribution in [0.4, 0.5) is 0 Å². The maximum Gasteiger partial charge on any atom is 0.1000 e. The van der Waals surface area contributed by atoms with Crippen molar-refractivity contribution in [1.29, 1.82) is 0 Å². The van der Waals surface area contributed by atoms with E-state index in [1.807, 2.05) is 34.6 Å². The summed E-state index contributed by atoms with van der Waals surface area (Å²) >= 11 is 3.18. The lowest BCUT2D eigenvalue weighted by molar-refractivity contribution is 0.0570. The molecule has 16 heavy (non-hydrogen) atoms. The Morgan fingerprint density at radius 3 is 2.94 bits per heavy atom. The predicted octanol–water partition coefficient (Wildman–Crippen LogP) is 2.20. The molecule has 0 spiro atoms. The van der Waals surface area contributed by atoms with E-state index in [1.165, 1.54) is 0 Å². The molecule has 0 aromatic carbocycles. The fourth-order valence-electron chi connectivity index (χ4n) is 1.43. The molecule has 0 fully saturated rings. The topological polar surface area (TPSA) is 45.1 Å². The average Bonchev–Trinajstić information content (AvgIpc) is 2.90. The molecule has 0 saturated heterocycles. The van der Waals surface area contributed by atoms with E-state index in [0.717, 1.165) is 11.3 Å². The molecular weight excluding hydrogens is 240 g/mol. The largest absolute Gasteiger partial charge is 0.384 e. The summed E-state index contributed by atoms with van der Waals surface area (Å²) in [6.45, 7) is 3.05. The molecule has 0 bridgehead atoms. The van der Waals surface area contributed by atoms with E-state index in [9.17, 15) is 5.11 Å². The Morgan fingerprint density at radius 2 is 2.31 bits per heavy atom. The molecular formula is C11H14N2OS2. The van der Waals surface area contributed by atoms with Gasteiger partial charge >= 0.3 is 0 Å². The third-order valence-corrected chi connectivity index (χ3v) is 3.72. The number of thiophene rings is 1. The van der Waals surface area contributed by atoms with Crippen molar-refractivity contribution in [2.75, 3.05) is 6.54 Å². The van der Waals surface area contributed by atoms with Crippen LogP contribution in [0.15, 0.2) is 27.7 Å². The molecule has 1 atom stereocenters. The summed E-state index contributed by atoms with van der Waals surface area (Å²) in [5.74, 6) is 0. The molecule has 2 rings (SSSR count). The third kappa shape index (κ3) is 2.89. The van der Waals surface area contributed by atoms with Gasteiger partial charge in [-0.1, -0.05) is 0 Å². The summed E-state index contributed by atoms with van der Waals surface area (Å²) in [7, 11) is 0. The number of rotatable bonds is 5. The average molecular weight is 254 g/mol. The van der Waals surface area contributed by atoms with Gasteiger partial charge in [0.25, 0.3) is 0 Å². The van der Waals surface area contributed by atoms with Crippen molar-refractivity contribution >= 4 is 22.7 Å². The zero-order valence-corrected chi connectivity index (χ0v) is 10.6. The Hall–Kier alpha value is -0.750. The van der Waals surface area contributed by atoms with Gasteiger partial charge in [-0.3, -0.25) is 0 Å². The first kappa shape index (κ1) is 11.7. The van der Waals surface area contributed by atoms with Gasteiger partial charge < -0.3 is 10.4 Å². The normalized spacial score (nSPS) is 14.9. The number of aliphatic hydroxyl groups is 1. The second-order valence-electron chi connectivity index (χ2n) is 3.87. The summed E-state index contributed by atoms with van der Waals surface area (Å²) in [5, 5.41) is 19.4. The number of nitrogens with one attached hydrogen (secondary N) is 1.